The molecule has 7 nitrogen and oxygen atoms in total. The van der Waals surface area contributed by atoms with Crippen LogP contribution in [0.5, 0.6) is 0 Å². The number of hydrogen-bond donors (Lipinski definition) is 0. The summed E-state index contributed by atoms with van der Waals surface area (Å²) in [5.41, 5.74) is 3.29. The number of benzene rings is 1. The highest BCUT2D eigenvalue weighted by Crippen LogP contribution is 2.33. The van der Waals surface area contributed by atoms with E-state index in [1.807, 2.05) is 19.1 Å². The van der Waals surface area contributed by atoms with Crippen LogP contribution in [0.1, 0.15) is 49.5 Å². The molecule has 1 saturated heterocycles. The molecule has 0 amide bonds. The topological polar surface area (TPSA) is 76.3 Å². The third kappa shape index (κ3) is 2.63. The van der Waals surface area contributed by atoms with E-state index in [1.165, 1.54) is 0 Å². The van der Waals surface area contributed by atoms with Crippen molar-refractivity contribution in [2.24, 2.45) is 5.41 Å². The van der Waals surface area contributed by atoms with Crippen molar-refractivity contribution in [1.82, 2.24) is 25.0 Å². The zero-order chi connectivity index (χ0) is 17.8. The van der Waals surface area contributed by atoms with Crippen molar-refractivity contribution in [3.05, 3.63) is 23.3 Å². The summed E-state index contributed by atoms with van der Waals surface area (Å²) in [6.45, 7) is 9.93. The molecule has 4 rings (SSSR count). The first-order chi connectivity index (χ1) is 11.9. The van der Waals surface area contributed by atoms with Gasteiger partial charge in [-0.15, -0.1) is 5.10 Å². The van der Waals surface area contributed by atoms with Crippen LogP contribution in [0.4, 0.5) is 5.95 Å². The molecule has 1 aromatic carbocycles. The molecule has 1 fully saturated rings. The zero-order valence-electron chi connectivity index (χ0n) is 15.1. The average molecular weight is 338 g/mol. The van der Waals surface area contributed by atoms with Gasteiger partial charge < -0.3 is 4.90 Å². The fraction of sp³-hybridized carbons (Fsp3) is 0.500. The minimum atomic E-state index is 0.00347. The number of aromatic nitrogens is 5. The molecular formula is C18H22N6O. The Morgan fingerprint density at radius 3 is 2.60 bits per heavy atom. The number of nitrogens with zero attached hydrogens (tertiary/aromatic N) is 6. The first-order valence-electron chi connectivity index (χ1n) is 8.64. The van der Waals surface area contributed by atoms with Crippen LogP contribution in [0.3, 0.4) is 0 Å². The van der Waals surface area contributed by atoms with E-state index in [0.717, 1.165) is 36.9 Å². The van der Waals surface area contributed by atoms with Crippen LogP contribution in [0.25, 0.3) is 16.6 Å². The monoisotopic (exact) mass is 338 g/mol. The molecule has 25 heavy (non-hydrogen) atoms. The average Bonchev–Trinajstić information content (AvgIpc) is 3.03. The Bertz CT molecular complexity index is 980. The van der Waals surface area contributed by atoms with Gasteiger partial charge in [0.2, 0.25) is 5.95 Å². The number of rotatable bonds is 2. The van der Waals surface area contributed by atoms with Crippen LogP contribution in [-0.2, 0) is 0 Å². The first kappa shape index (κ1) is 15.9. The summed E-state index contributed by atoms with van der Waals surface area (Å²) < 4.78 is 1.70. The minimum absolute atomic E-state index is 0.00347. The van der Waals surface area contributed by atoms with Crippen LogP contribution in [0.2, 0.25) is 0 Å². The third-order valence-electron chi connectivity index (χ3n) is 5.15. The Morgan fingerprint density at radius 1 is 1.20 bits per heavy atom. The SMILES string of the molecule is CC(=O)c1cc(C)cc2c1nc(N1CCC(C)(C)CC1)n1nnnc21. The van der Waals surface area contributed by atoms with Gasteiger partial charge in [0, 0.05) is 24.0 Å². The van der Waals surface area contributed by atoms with Crippen molar-refractivity contribution in [3.63, 3.8) is 0 Å². The lowest BCUT2D eigenvalue weighted by atomic mass is 9.83. The third-order valence-corrected chi connectivity index (χ3v) is 5.15. The number of carbonyl (C=O) groups is 1. The highest BCUT2D eigenvalue weighted by Gasteiger charge is 2.28. The van der Waals surface area contributed by atoms with Crippen molar-refractivity contribution in [2.75, 3.05) is 18.0 Å². The summed E-state index contributed by atoms with van der Waals surface area (Å²) >= 11 is 0. The van der Waals surface area contributed by atoms with E-state index in [9.17, 15) is 4.79 Å². The second kappa shape index (κ2) is 5.47. The molecule has 0 unspecified atom stereocenters. The lowest BCUT2D eigenvalue weighted by Crippen LogP contribution is -2.39. The summed E-state index contributed by atoms with van der Waals surface area (Å²) in [6.07, 6.45) is 2.17. The second-order valence-electron chi connectivity index (χ2n) is 7.74. The Balaban J connectivity index is 1.95. The maximum atomic E-state index is 12.1. The van der Waals surface area contributed by atoms with Crippen molar-refractivity contribution in [3.8, 4) is 0 Å². The Morgan fingerprint density at radius 2 is 1.92 bits per heavy atom. The molecule has 0 saturated carbocycles. The van der Waals surface area contributed by atoms with Gasteiger partial charge in [-0.25, -0.2) is 4.98 Å². The number of tetrazole rings is 1. The number of fused-ring (bicyclic) bond motifs is 3. The molecule has 7 heteroatoms. The number of aryl methyl sites for hydroxylation is 1. The first-order valence-corrected chi connectivity index (χ1v) is 8.64. The molecule has 3 aromatic rings. The standard InChI is InChI=1S/C18H22N6O/c1-11-9-13(12(2)25)15-14(10-11)16-20-21-22-24(16)17(19-15)23-7-5-18(3,4)6-8-23/h9-10H,5-8H2,1-4H3. The summed E-state index contributed by atoms with van der Waals surface area (Å²) in [5.74, 6) is 0.720. The Labute approximate surface area is 146 Å². The maximum absolute atomic E-state index is 12.1. The molecule has 0 atom stereocenters. The predicted molar refractivity (Wildman–Crippen MR) is 96.1 cm³/mol. The van der Waals surface area contributed by atoms with E-state index in [-0.39, 0.29) is 5.78 Å². The molecule has 2 aromatic heterocycles. The number of hydrogen-bond acceptors (Lipinski definition) is 6. The number of piperidine rings is 1. The maximum Gasteiger partial charge on any atom is 0.230 e. The lowest BCUT2D eigenvalue weighted by Gasteiger charge is -2.37. The van der Waals surface area contributed by atoms with E-state index in [0.29, 0.717) is 28.1 Å². The normalized spacial score (nSPS) is 17.4. The van der Waals surface area contributed by atoms with E-state index in [2.05, 4.69) is 34.3 Å². The summed E-state index contributed by atoms with van der Waals surface area (Å²) in [5, 5.41) is 13.0. The van der Waals surface area contributed by atoms with Crippen molar-refractivity contribution in [1.29, 1.82) is 0 Å². The molecule has 0 radical (unpaired) electrons. The van der Waals surface area contributed by atoms with Gasteiger partial charge in [-0.05, 0) is 60.2 Å². The van der Waals surface area contributed by atoms with Gasteiger partial charge in [0.05, 0.1) is 5.52 Å². The van der Waals surface area contributed by atoms with Crippen LogP contribution in [0, 0.1) is 12.3 Å². The van der Waals surface area contributed by atoms with Gasteiger partial charge in [-0.2, -0.15) is 4.52 Å². The molecule has 0 spiro atoms. The number of anilines is 1. The van der Waals surface area contributed by atoms with Gasteiger partial charge in [0.25, 0.3) is 0 Å². The van der Waals surface area contributed by atoms with Crippen molar-refractivity contribution in [2.45, 2.75) is 40.5 Å². The molecule has 0 bridgehead atoms. The van der Waals surface area contributed by atoms with Crippen molar-refractivity contribution >= 4 is 28.3 Å². The van der Waals surface area contributed by atoms with E-state index in [4.69, 9.17) is 4.98 Å². The molecule has 0 N–H and O–H groups in total. The zero-order valence-corrected chi connectivity index (χ0v) is 15.1. The quantitative estimate of drug-likeness (QED) is 0.669. The van der Waals surface area contributed by atoms with Gasteiger partial charge in [-0.3, -0.25) is 4.79 Å². The number of ketones is 1. The second-order valence-corrected chi connectivity index (χ2v) is 7.74. The number of carbonyl (C=O) groups excluding carboxylic acids is 1. The van der Waals surface area contributed by atoms with Gasteiger partial charge >= 0.3 is 0 Å². The van der Waals surface area contributed by atoms with E-state index in [1.54, 1.807) is 11.4 Å². The van der Waals surface area contributed by atoms with Gasteiger partial charge in [-0.1, -0.05) is 13.8 Å². The minimum Gasteiger partial charge on any atom is -0.341 e. The molecule has 1 aliphatic rings. The Kier molecular flexibility index (Phi) is 3.49. The molecule has 0 aliphatic carbocycles. The summed E-state index contributed by atoms with van der Waals surface area (Å²) in [6, 6.07) is 3.88. The molecule has 3 heterocycles. The molecular weight excluding hydrogens is 316 g/mol. The van der Waals surface area contributed by atoms with Crippen LogP contribution < -0.4 is 4.90 Å². The predicted octanol–water partition coefficient (Wildman–Crippen LogP) is 2.81. The highest BCUT2D eigenvalue weighted by atomic mass is 16.1. The van der Waals surface area contributed by atoms with Gasteiger partial charge in [0.1, 0.15) is 0 Å². The van der Waals surface area contributed by atoms with Gasteiger partial charge in [0.15, 0.2) is 11.4 Å². The fourth-order valence-electron chi connectivity index (χ4n) is 3.49. The lowest BCUT2D eigenvalue weighted by molar-refractivity contribution is 0.101. The summed E-state index contributed by atoms with van der Waals surface area (Å²) in [4.78, 5) is 19.2. The fourth-order valence-corrected chi connectivity index (χ4v) is 3.49. The van der Waals surface area contributed by atoms with Crippen LogP contribution >= 0.6 is 0 Å². The molecule has 130 valence electrons. The largest absolute Gasteiger partial charge is 0.341 e. The highest BCUT2D eigenvalue weighted by molar-refractivity contribution is 6.09. The van der Waals surface area contributed by atoms with E-state index < -0.39 is 0 Å². The van der Waals surface area contributed by atoms with Crippen LogP contribution in [0.15, 0.2) is 12.1 Å². The number of Topliss-reactive ketones (excluding diaryl/α,β-unsaturated/α-hetero) is 1. The van der Waals surface area contributed by atoms with Crippen molar-refractivity contribution < 1.29 is 4.79 Å². The summed E-state index contributed by atoms with van der Waals surface area (Å²) in [7, 11) is 0. The van der Waals surface area contributed by atoms with Crippen LogP contribution in [-0.4, -0.2) is 43.9 Å². The smallest absolute Gasteiger partial charge is 0.230 e. The molecule has 1 aliphatic heterocycles. The van der Waals surface area contributed by atoms with E-state index >= 15 is 0 Å². The Hall–Kier alpha value is -2.57.